The molecule has 0 aromatic heterocycles. The third-order valence-electron chi connectivity index (χ3n) is 6.79. The van der Waals surface area contributed by atoms with Crippen molar-refractivity contribution < 1.29 is 22.7 Å². The van der Waals surface area contributed by atoms with Gasteiger partial charge in [0.05, 0.1) is 11.9 Å². The van der Waals surface area contributed by atoms with E-state index in [9.17, 15) is 18.0 Å². The van der Waals surface area contributed by atoms with E-state index >= 15 is 0 Å². The molecule has 4 aromatic carbocycles. The van der Waals surface area contributed by atoms with Crippen LogP contribution in [0.15, 0.2) is 109 Å². The second-order valence-electron chi connectivity index (χ2n) is 11.8. The summed E-state index contributed by atoms with van der Waals surface area (Å²) < 4.78 is 33.0. The van der Waals surface area contributed by atoms with Crippen LogP contribution in [0.2, 0.25) is 5.02 Å². The first kappa shape index (κ1) is 33.6. The second kappa shape index (κ2) is 14.6. The molecule has 1 atom stereocenters. The molecule has 0 radical (unpaired) electrons. The molecular formula is C35H38ClN3O5S. The maximum atomic E-state index is 14.3. The zero-order valence-corrected chi connectivity index (χ0v) is 27.4. The van der Waals surface area contributed by atoms with E-state index in [1.54, 1.807) is 42.5 Å². The summed E-state index contributed by atoms with van der Waals surface area (Å²) in [6.07, 6.45) is 1.27. The summed E-state index contributed by atoms with van der Waals surface area (Å²) in [5, 5.41) is 3.49. The van der Waals surface area contributed by atoms with E-state index in [1.807, 2.05) is 87.5 Å². The number of rotatable bonds is 12. The van der Waals surface area contributed by atoms with Crippen molar-refractivity contribution in [2.24, 2.45) is 0 Å². The molecule has 0 saturated carbocycles. The van der Waals surface area contributed by atoms with E-state index in [0.717, 1.165) is 16.1 Å². The van der Waals surface area contributed by atoms with Gasteiger partial charge in [0.15, 0.2) is 0 Å². The maximum Gasteiger partial charge on any atom is 0.244 e. The van der Waals surface area contributed by atoms with Crippen LogP contribution in [0.3, 0.4) is 0 Å². The number of carbonyl (C=O) groups is 2. The molecule has 0 aliphatic carbocycles. The lowest BCUT2D eigenvalue weighted by Gasteiger charge is -2.35. The number of hydrogen-bond donors (Lipinski definition) is 1. The maximum absolute atomic E-state index is 14.3. The minimum Gasteiger partial charge on any atom is -0.457 e. The van der Waals surface area contributed by atoms with Gasteiger partial charge in [-0.15, -0.1) is 0 Å². The second-order valence-corrected chi connectivity index (χ2v) is 14.1. The fourth-order valence-corrected chi connectivity index (χ4v) is 5.82. The Balaban J connectivity index is 1.69. The van der Waals surface area contributed by atoms with Gasteiger partial charge in [-0.25, -0.2) is 8.42 Å². The lowest BCUT2D eigenvalue weighted by atomic mass is 10.0. The lowest BCUT2D eigenvalue weighted by Crippen LogP contribution is -2.56. The van der Waals surface area contributed by atoms with Crippen LogP contribution >= 0.6 is 11.6 Å². The number of ether oxygens (including phenoxy) is 1. The summed E-state index contributed by atoms with van der Waals surface area (Å²) in [5.41, 5.74) is 1.27. The molecular weight excluding hydrogens is 610 g/mol. The van der Waals surface area contributed by atoms with Crippen molar-refractivity contribution in [3.8, 4) is 11.5 Å². The van der Waals surface area contributed by atoms with Crippen LogP contribution in [0.4, 0.5) is 5.69 Å². The molecule has 1 N–H and O–H groups in total. The predicted octanol–water partition coefficient (Wildman–Crippen LogP) is 6.45. The fourth-order valence-electron chi connectivity index (χ4n) is 4.76. The molecule has 0 saturated heterocycles. The van der Waals surface area contributed by atoms with Crippen molar-refractivity contribution in [3.63, 3.8) is 0 Å². The quantitative estimate of drug-likeness (QED) is 0.191. The Bertz CT molecular complexity index is 1690. The van der Waals surface area contributed by atoms with Crippen molar-refractivity contribution >= 4 is 39.1 Å². The van der Waals surface area contributed by atoms with Gasteiger partial charge in [0, 0.05) is 23.5 Å². The molecule has 0 aliphatic rings. The Morgan fingerprint density at radius 3 is 1.98 bits per heavy atom. The van der Waals surface area contributed by atoms with Gasteiger partial charge in [-0.3, -0.25) is 13.9 Å². The number of benzene rings is 4. The van der Waals surface area contributed by atoms with E-state index in [4.69, 9.17) is 16.3 Å². The first-order valence-electron chi connectivity index (χ1n) is 14.5. The predicted molar refractivity (Wildman–Crippen MR) is 179 cm³/mol. The summed E-state index contributed by atoms with van der Waals surface area (Å²) in [6, 6.07) is 31.1. The molecule has 45 heavy (non-hydrogen) atoms. The molecule has 4 aromatic rings. The number of nitrogens with zero attached hydrogens (tertiary/aromatic N) is 2. The molecule has 236 valence electrons. The summed E-state index contributed by atoms with van der Waals surface area (Å²) in [5.74, 6) is 0.245. The normalized spacial score (nSPS) is 12.2. The highest BCUT2D eigenvalue weighted by molar-refractivity contribution is 7.92. The van der Waals surface area contributed by atoms with Crippen molar-refractivity contribution in [1.82, 2.24) is 10.2 Å². The highest BCUT2D eigenvalue weighted by Crippen LogP contribution is 2.26. The third kappa shape index (κ3) is 10.1. The summed E-state index contributed by atoms with van der Waals surface area (Å²) >= 11 is 6.27. The van der Waals surface area contributed by atoms with E-state index in [-0.39, 0.29) is 24.6 Å². The molecule has 0 aliphatic heterocycles. The molecule has 4 rings (SSSR count). The Labute approximate surface area is 270 Å². The number of anilines is 1. The van der Waals surface area contributed by atoms with Gasteiger partial charge < -0.3 is 15.0 Å². The number of hydrogen-bond acceptors (Lipinski definition) is 5. The molecule has 0 spiro atoms. The lowest BCUT2D eigenvalue weighted by molar-refractivity contribution is -0.140. The zero-order chi connectivity index (χ0) is 32.6. The van der Waals surface area contributed by atoms with Crippen molar-refractivity contribution in [3.05, 3.63) is 125 Å². The summed E-state index contributed by atoms with van der Waals surface area (Å²) in [7, 11) is -3.91. The monoisotopic (exact) mass is 647 g/mol. The zero-order valence-electron chi connectivity index (χ0n) is 25.8. The highest BCUT2D eigenvalue weighted by Gasteiger charge is 2.34. The summed E-state index contributed by atoms with van der Waals surface area (Å²) in [6.45, 7) is 5.11. The Morgan fingerprint density at radius 1 is 0.822 bits per heavy atom. The average molecular weight is 648 g/mol. The third-order valence-corrected chi connectivity index (χ3v) is 8.17. The SMILES string of the molecule is CC(C)(C)NC(=O)C(Cc1ccccc1)N(Cc1cccc(Cl)c1)C(=O)CN(c1ccc(Oc2ccccc2)cc1)S(C)(=O)=O. The van der Waals surface area contributed by atoms with Gasteiger partial charge in [-0.2, -0.15) is 0 Å². The van der Waals surface area contributed by atoms with Gasteiger partial charge in [0.25, 0.3) is 0 Å². The molecule has 0 fully saturated rings. The number of para-hydroxylation sites is 1. The van der Waals surface area contributed by atoms with Crippen molar-refractivity contribution in [2.75, 3.05) is 17.1 Å². The van der Waals surface area contributed by atoms with Crippen LogP contribution in [0.5, 0.6) is 11.5 Å². The molecule has 2 amide bonds. The summed E-state index contributed by atoms with van der Waals surface area (Å²) in [4.78, 5) is 29.5. The van der Waals surface area contributed by atoms with Crippen LogP contribution in [-0.4, -0.2) is 49.5 Å². The Kier molecular flexibility index (Phi) is 10.9. The Hall–Kier alpha value is -4.34. The smallest absolute Gasteiger partial charge is 0.244 e. The van der Waals surface area contributed by atoms with Gasteiger partial charge in [-0.1, -0.05) is 72.3 Å². The molecule has 10 heteroatoms. The van der Waals surface area contributed by atoms with Gasteiger partial charge in [0.1, 0.15) is 24.1 Å². The van der Waals surface area contributed by atoms with Crippen molar-refractivity contribution in [2.45, 2.75) is 45.3 Å². The van der Waals surface area contributed by atoms with E-state index in [1.165, 1.54) is 4.90 Å². The number of nitrogens with one attached hydrogen (secondary N) is 1. The molecule has 8 nitrogen and oxygen atoms in total. The van der Waals surface area contributed by atoms with Gasteiger partial charge in [-0.05, 0) is 80.4 Å². The Morgan fingerprint density at radius 2 is 1.40 bits per heavy atom. The number of sulfonamides is 1. The van der Waals surface area contributed by atoms with Crippen LogP contribution in [0, 0.1) is 0 Å². The first-order valence-corrected chi connectivity index (χ1v) is 16.7. The van der Waals surface area contributed by atoms with Gasteiger partial charge in [0.2, 0.25) is 21.8 Å². The average Bonchev–Trinajstić information content (AvgIpc) is 2.98. The molecule has 0 heterocycles. The number of carbonyl (C=O) groups excluding carboxylic acids is 2. The standard InChI is InChI=1S/C35H38ClN3O5S/c1-35(2,3)37-34(41)32(23-26-12-7-5-8-13-26)38(24-27-14-11-15-28(36)22-27)33(40)25-39(45(4,42)43)29-18-20-31(21-19-29)44-30-16-9-6-10-17-30/h5-22,32H,23-25H2,1-4H3,(H,37,41). The van der Waals surface area contributed by atoms with Crippen LogP contribution in [-0.2, 0) is 32.6 Å². The van der Waals surface area contributed by atoms with Crippen LogP contribution in [0.1, 0.15) is 31.9 Å². The highest BCUT2D eigenvalue weighted by atomic mass is 35.5. The number of amides is 2. The molecule has 0 bridgehead atoms. The largest absolute Gasteiger partial charge is 0.457 e. The van der Waals surface area contributed by atoms with Gasteiger partial charge >= 0.3 is 0 Å². The van der Waals surface area contributed by atoms with Crippen LogP contribution in [0.25, 0.3) is 0 Å². The van der Waals surface area contributed by atoms with E-state index in [2.05, 4.69) is 5.32 Å². The van der Waals surface area contributed by atoms with Crippen LogP contribution < -0.4 is 14.4 Å². The van der Waals surface area contributed by atoms with E-state index in [0.29, 0.717) is 22.1 Å². The fraction of sp³-hybridized carbons (Fsp3) is 0.257. The molecule has 1 unspecified atom stereocenters. The first-order chi connectivity index (χ1) is 21.3. The minimum atomic E-state index is -3.91. The topological polar surface area (TPSA) is 96.0 Å². The minimum absolute atomic E-state index is 0.0376. The number of halogens is 1. The van der Waals surface area contributed by atoms with Crippen molar-refractivity contribution in [1.29, 1.82) is 0 Å². The van der Waals surface area contributed by atoms with E-state index < -0.39 is 34.1 Å².